The number of carboxylic acid groups (broad SMARTS) is 1. The van der Waals surface area contributed by atoms with Gasteiger partial charge in [0.1, 0.15) is 6.54 Å². The third-order valence-corrected chi connectivity index (χ3v) is 2.15. The lowest BCUT2D eigenvalue weighted by Gasteiger charge is -2.07. The first-order chi connectivity index (χ1) is 8.01. The fourth-order valence-corrected chi connectivity index (χ4v) is 1.27. The number of aromatic nitrogens is 2. The van der Waals surface area contributed by atoms with E-state index >= 15 is 0 Å². The Morgan fingerprint density at radius 3 is 2.94 bits per heavy atom. The van der Waals surface area contributed by atoms with Gasteiger partial charge >= 0.3 is 5.97 Å². The molecule has 1 aromatic rings. The average Bonchev–Trinajstić information content (AvgIpc) is 2.63. The van der Waals surface area contributed by atoms with Crippen molar-refractivity contribution in [3.8, 4) is 0 Å². The van der Waals surface area contributed by atoms with Crippen LogP contribution < -0.4 is 11.1 Å². The highest BCUT2D eigenvalue weighted by Gasteiger charge is 2.09. The van der Waals surface area contributed by atoms with Crippen LogP contribution in [0.15, 0.2) is 12.4 Å². The maximum Gasteiger partial charge on any atom is 0.325 e. The van der Waals surface area contributed by atoms with Crippen LogP contribution in [-0.2, 0) is 16.1 Å². The summed E-state index contributed by atoms with van der Waals surface area (Å²) in [5, 5.41) is 15.0. The largest absolute Gasteiger partial charge is 0.480 e. The van der Waals surface area contributed by atoms with Gasteiger partial charge in [0, 0.05) is 12.6 Å². The number of amides is 1. The molecule has 1 rings (SSSR count). The summed E-state index contributed by atoms with van der Waals surface area (Å²) in [6, 6.07) is 0. The Morgan fingerprint density at radius 2 is 2.35 bits per heavy atom. The highest BCUT2D eigenvalue weighted by molar-refractivity contribution is 5.90. The van der Waals surface area contributed by atoms with E-state index in [1.165, 1.54) is 17.1 Å². The zero-order chi connectivity index (χ0) is 12.8. The summed E-state index contributed by atoms with van der Waals surface area (Å²) in [7, 11) is 0. The fourth-order valence-electron chi connectivity index (χ4n) is 1.27. The minimum atomic E-state index is -0.984. The van der Waals surface area contributed by atoms with Gasteiger partial charge < -0.3 is 16.2 Å². The number of carboxylic acids is 1. The number of carbonyl (C=O) groups is 2. The maximum absolute atomic E-state index is 11.5. The summed E-state index contributed by atoms with van der Waals surface area (Å²) in [5.74, 6) is -1.02. The number of rotatable bonds is 6. The number of nitrogens with two attached hydrogens (primary N) is 1. The molecule has 0 bridgehead atoms. The number of carbonyl (C=O) groups excluding carboxylic acids is 1. The Hall–Kier alpha value is -1.89. The molecule has 7 nitrogen and oxygen atoms in total. The number of nitrogens with zero attached hydrogens (tertiary/aromatic N) is 2. The molecule has 1 atom stereocenters. The monoisotopic (exact) mass is 240 g/mol. The summed E-state index contributed by atoms with van der Waals surface area (Å²) in [4.78, 5) is 21.9. The predicted molar refractivity (Wildman–Crippen MR) is 61.3 cm³/mol. The highest BCUT2D eigenvalue weighted by Crippen LogP contribution is 2.07. The second-order valence-electron chi connectivity index (χ2n) is 3.91. The van der Waals surface area contributed by atoms with E-state index in [4.69, 9.17) is 10.8 Å². The van der Waals surface area contributed by atoms with Gasteiger partial charge in [-0.05, 0) is 12.5 Å². The molecule has 4 N–H and O–H groups in total. The minimum Gasteiger partial charge on any atom is -0.480 e. The lowest BCUT2D eigenvalue weighted by Crippen LogP contribution is -2.19. The van der Waals surface area contributed by atoms with Gasteiger partial charge in [-0.1, -0.05) is 6.92 Å². The molecule has 0 spiro atoms. The van der Waals surface area contributed by atoms with Crippen LogP contribution in [0.5, 0.6) is 0 Å². The number of hydrogen-bond donors (Lipinski definition) is 3. The average molecular weight is 240 g/mol. The van der Waals surface area contributed by atoms with E-state index in [0.717, 1.165) is 0 Å². The quantitative estimate of drug-likeness (QED) is 0.642. The van der Waals surface area contributed by atoms with Gasteiger partial charge in [-0.15, -0.1) is 0 Å². The molecule has 0 aliphatic rings. The molecular formula is C10H16N4O3. The lowest BCUT2D eigenvalue weighted by atomic mass is 10.1. The highest BCUT2D eigenvalue weighted by atomic mass is 16.4. The van der Waals surface area contributed by atoms with Gasteiger partial charge in [0.25, 0.3) is 0 Å². The van der Waals surface area contributed by atoms with Crippen molar-refractivity contribution in [1.29, 1.82) is 0 Å². The molecule has 0 aliphatic carbocycles. The van der Waals surface area contributed by atoms with Crippen LogP contribution in [0.4, 0.5) is 5.69 Å². The van der Waals surface area contributed by atoms with Crippen LogP contribution in [0.25, 0.3) is 0 Å². The Bertz CT molecular complexity index is 402. The van der Waals surface area contributed by atoms with Gasteiger partial charge in [-0.25, -0.2) is 0 Å². The molecule has 0 saturated heterocycles. The molecular weight excluding hydrogens is 224 g/mol. The Labute approximate surface area is 98.6 Å². The molecule has 0 aliphatic heterocycles. The van der Waals surface area contributed by atoms with E-state index in [2.05, 4.69) is 10.4 Å². The zero-order valence-electron chi connectivity index (χ0n) is 9.59. The molecule has 94 valence electrons. The summed E-state index contributed by atoms with van der Waals surface area (Å²) in [6.07, 6.45) is 3.22. The topological polar surface area (TPSA) is 110 Å². The van der Waals surface area contributed by atoms with Gasteiger partial charge in [0.2, 0.25) is 5.91 Å². The van der Waals surface area contributed by atoms with Crippen LogP contribution in [0.1, 0.15) is 13.3 Å². The van der Waals surface area contributed by atoms with Gasteiger partial charge in [-0.3, -0.25) is 14.3 Å². The number of aliphatic carboxylic acids is 1. The van der Waals surface area contributed by atoms with Crippen LogP contribution in [0.2, 0.25) is 0 Å². The molecule has 1 amide bonds. The SMILES string of the molecule is CC(CN)CC(=O)Nc1cnn(CC(=O)O)c1. The molecule has 17 heavy (non-hydrogen) atoms. The van der Waals surface area contributed by atoms with Crippen LogP contribution >= 0.6 is 0 Å². The summed E-state index contributed by atoms with van der Waals surface area (Å²) < 4.78 is 1.24. The molecule has 0 aromatic carbocycles. The van der Waals surface area contributed by atoms with E-state index in [-0.39, 0.29) is 18.4 Å². The normalized spacial score (nSPS) is 12.1. The van der Waals surface area contributed by atoms with Crippen LogP contribution in [0, 0.1) is 5.92 Å². The molecule has 1 unspecified atom stereocenters. The van der Waals surface area contributed by atoms with Crippen molar-refractivity contribution in [3.05, 3.63) is 12.4 Å². The Balaban J connectivity index is 2.48. The van der Waals surface area contributed by atoms with E-state index in [1.807, 2.05) is 6.92 Å². The predicted octanol–water partition coefficient (Wildman–Crippen LogP) is -0.109. The van der Waals surface area contributed by atoms with Gasteiger partial charge in [0.05, 0.1) is 11.9 Å². The maximum atomic E-state index is 11.5. The molecule has 0 saturated carbocycles. The van der Waals surface area contributed by atoms with Crippen molar-refractivity contribution in [2.24, 2.45) is 11.7 Å². The molecule has 1 aromatic heterocycles. The first-order valence-corrected chi connectivity index (χ1v) is 5.25. The number of hydrogen-bond acceptors (Lipinski definition) is 4. The Morgan fingerprint density at radius 1 is 1.65 bits per heavy atom. The number of anilines is 1. The summed E-state index contributed by atoms with van der Waals surface area (Å²) in [5.41, 5.74) is 5.90. The summed E-state index contributed by atoms with van der Waals surface area (Å²) in [6.45, 7) is 2.11. The van der Waals surface area contributed by atoms with Crippen molar-refractivity contribution in [2.75, 3.05) is 11.9 Å². The first-order valence-electron chi connectivity index (χ1n) is 5.25. The fraction of sp³-hybridized carbons (Fsp3) is 0.500. The van der Waals surface area contributed by atoms with Crippen molar-refractivity contribution < 1.29 is 14.7 Å². The van der Waals surface area contributed by atoms with Gasteiger partial charge in [-0.2, -0.15) is 5.10 Å². The van der Waals surface area contributed by atoms with E-state index in [1.54, 1.807) is 0 Å². The standard InChI is InChI=1S/C10H16N4O3/c1-7(3-11)2-9(15)13-8-4-12-14(5-8)6-10(16)17/h4-5,7H,2-3,6,11H2,1H3,(H,13,15)(H,16,17). The second kappa shape index (κ2) is 6.00. The minimum absolute atomic E-state index is 0.115. The van der Waals surface area contributed by atoms with Crippen molar-refractivity contribution >= 4 is 17.6 Å². The van der Waals surface area contributed by atoms with E-state index in [0.29, 0.717) is 18.7 Å². The molecule has 7 heteroatoms. The third-order valence-electron chi connectivity index (χ3n) is 2.15. The van der Waals surface area contributed by atoms with Crippen LogP contribution in [0.3, 0.4) is 0 Å². The van der Waals surface area contributed by atoms with E-state index < -0.39 is 5.97 Å². The van der Waals surface area contributed by atoms with Crippen LogP contribution in [-0.4, -0.2) is 33.3 Å². The molecule has 0 radical (unpaired) electrons. The first kappa shape index (κ1) is 13.2. The summed E-state index contributed by atoms with van der Waals surface area (Å²) >= 11 is 0. The second-order valence-corrected chi connectivity index (χ2v) is 3.91. The zero-order valence-corrected chi connectivity index (χ0v) is 9.59. The van der Waals surface area contributed by atoms with Crippen molar-refractivity contribution in [3.63, 3.8) is 0 Å². The Kier molecular flexibility index (Phi) is 4.65. The number of nitrogens with one attached hydrogen (secondary N) is 1. The smallest absolute Gasteiger partial charge is 0.325 e. The lowest BCUT2D eigenvalue weighted by molar-refractivity contribution is -0.137. The molecule has 0 fully saturated rings. The molecule has 1 heterocycles. The third kappa shape index (κ3) is 4.64. The van der Waals surface area contributed by atoms with Gasteiger partial charge in [0.15, 0.2) is 0 Å². The van der Waals surface area contributed by atoms with Crippen molar-refractivity contribution in [1.82, 2.24) is 9.78 Å². The van der Waals surface area contributed by atoms with E-state index in [9.17, 15) is 9.59 Å². The van der Waals surface area contributed by atoms with Crippen molar-refractivity contribution in [2.45, 2.75) is 19.9 Å².